The summed E-state index contributed by atoms with van der Waals surface area (Å²) in [5.41, 5.74) is 1.89. The molecule has 9 heteroatoms. The number of nitrogens with zero attached hydrogens (tertiary/aromatic N) is 1. The van der Waals surface area contributed by atoms with Gasteiger partial charge in [-0.1, -0.05) is 41.9 Å². The minimum absolute atomic E-state index is 0.0118. The van der Waals surface area contributed by atoms with Crippen LogP contribution >= 0.6 is 11.6 Å². The molecule has 0 unspecified atom stereocenters. The summed E-state index contributed by atoms with van der Waals surface area (Å²) in [6.07, 6.45) is 0. The first-order valence-corrected chi connectivity index (χ1v) is 11.9. The van der Waals surface area contributed by atoms with Crippen molar-refractivity contribution in [2.24, 2.45) is 0 Å². The fraction of sp³-hybridized carbons (Fsp3) is 0.174. The first kappa shape index (κ1) is 22.1. The van der Waals surface area contributed by atoms with Crippen LogP contribution < -0.4 is 14.9 Å². The minimum atomic E-state index is -3.94. The van der Waals surface area contributed by atoms with Gasteiger partial charge in [0.15, 0.2) is 0 Å². The Kier molecular flexibility index (Phi) is 6.64. The third-order valence-electron chi connectivity index (χ3n) is 5.03. The normalized spacial score (nSPS) is 14.1. The summed E-state index contributed by atoms with van der Waals surface area (Å²) in [5, 5.41) is 3.16. The molecule has 0 bridgehead atoms. The van der Waals surface area contributed by atoms with E-state index in [-0.39, 0.29) is 16.5 Å². The number of para-hydroxylation sites is 1. The van der Waals surface area contributed by atoms with Crippen molar-refractivity contribution in [1.29, 1.82) is 0 Å². The molecule has 1 aliphatic rings. The average Bonchev–Trinajstić information content (AvgIpc) is 2.81. The van der Waals surface area contributed by atoms with Crippen molar-refractivity contribution in [3.05, 3.63) is 83.4 Å². The third-order valence-corrected chi connectivity index (χ3v) is 6.73. The number of nitrogens with one attached hydrogen (secondary N) is 2. The Bertz CT molecular complexity index is 1210. The fourth-order valence-electron chi connectivity index (χ4n) is 3.39. The predicted molar refractivity (Wildman–Crippen MR) is 126 cm³/mol. The minimum Gasteiger partial charge on any atom is -0.378 e. The van der Waals surface area contributed by atoms with E-state index in [1.54, 1.807) is 54.6 Å². The first-order chi connectivity index (χ1) is 15.4. The van der Waals surface area contributed by atoms with Gasteiger partial charge in [-0.2, -0.15) is 0 Å². The summed E-state index contributed by atoms with van der Waals surface area (Å²) in [7, 11) is -3.94. The molecular weight excluding hydrogens is 450 g/mol. The van der Waals surface area contributed by atoms with Gasteiger partial charge in [0.05, 0.1) is 40.2 Å². The number of carbonyl (C=O) groups excluding carboxylic acids is 1. The summed E-state index contributed by atoms with van der Waals surface area (Å²) >= 11 is 6.11. The summed E-state index contributed by atoms with van der Waals surface area (Å²) in [4.78, 5) is 14.9. The van der Waals surface area contributed by atoms with Gasteiger partial charge in [0, 0.05) is 18.7 Å². The number of hydrogen-bond donors (Lipinski definition) is 2. The SMILES string of the molecule is O=C(Nc1cc(S(=O)(=O)Nc2ccccc2Cl)ccc1N1CCOCC1)c1ccccc1. The van der Waals surface area contributed by atoms with Gasteiger partial charge in [0.2, 0.25) is 0 Å². The quantitative estimate of drug-likeness (QED) is 0.561. The van der Waals surface area contributed by atoms with Crippen molar-refractivity contribution in [2.75, 3.05) is 41.2 Å². The van der Waals surface area contributed by atoms with Crippen LogP contribution in [0.2, 0.25) is 5.02 Å². The second-order valence-corrected chi connectivity index (χ2v) is 9.27. The molecule has 2 N–H and O–H groups in total. The molecular formula is C23H22ClN3O4S. The number of sulfonamides is 1. The Balaban J connectivity index is 1.69. The molecule has 0 aromatic heterocycles. The van der Waals surface area contributed by atoms with Crippen LogP contribution in [0.25, 0.3) is 0 Å². The second kappa shape index (κ2) is 9.60. The Morgan fingerprint density at radius 2 is 1.59 bits per heavy atom. The van der Waals surface area contributed by atoms with Gasteiger partial charge in [-0.25, -0.2) is 8.42 Å². The van der Waals surface area contributed by atoms with Gasteiger partial charge in [0.1, 0.15) is 0 Å². The highest BCUT2D eigenvalue weighted by atomic mass is 35.5. The maximum atomic E-state index is 13.0. The van der Waals surface area contributed by atoms with Crippen LogP contribution in [0.3, 0.4) is 0 Å². The Morgan fingerprint density at radius 1 is 0.906 bits per heavy atom. The highest BCUT2D eigenvalue weighted by molar-refractivity contribution is 7.92. The van der Waals surface area contributed by atoms with Crippen LogP contribution in [0.1, 0.15) is 10.4 Å². The van der Waals surface area contributed by atoms with E-state index in [0.717, 1.165) is 5.69 Å². The molecule has 1 aliphatic heterocycles. The molecule has 0 aliphatic carbocycles. The third kappa shape index (κ3) is 5.04. The van der Waals surface area contributed by atoms with E-state index in [0.29, 0.717) is 42.6 Å². The summed E-state index contributed by atoms with van der Waals surface area (Å²) < 4.78 is 34.0. The Hall–Kier alpha value is -3.07. The van der Waals surface area contributed by atoms with E-state index >= 15 is 0 Å². The smallest absolute Gasteiger partial charge is 0.262 e. The molecule has 0 radical (unpaired) electrons. The number of amides is 1. The van der Waals surface area contributed by atoms with Crippen LogP contribution in [0.15, 0.2) is 77.7 Å². The lowest BCUT2D eigenvalue weighted by Crippen LogP contribution is -2.36. The molecule has 3 aromatic rings. The van der Waals surface area contributed by atoms with Crippen LogP contribution in [0.5, 0.6) is 0 Å². The largest absolute Gasteiger partial charge is 0.378 e. The lowest BCUT2D eigenvalue weighted by Gasteiger charge is -2.30. The van der Waals surface area contributed by atoms with Crippen molar-refractivity contribution in [2.45, 2.75) is 4.90 Å². The topological polar surface area (TPSA) is 87.7 Å². The molecule has 4 rings (SSSR count). The number of hydrogen-bond acceptors (Lipinski definition) is 5. The van der Waals surface area contributed by atoms with E-state index < -0.39 is 10.0 Å². The van der Waals surface area contributed by atoms with Crippen molar-refractivity contribution >= 4 is 44.6 Å². The standard InChI is InChI=1S/C23H22ClN3O4S/c24-19-8-4-5-9-20(19)26-32(29,30)18-10-11-22(27-12-14-31-15-13-27)21(16-18)25-23(28)17-6-2-1-3-7-17/h1-11,16,26H,12-15H2,(H,25,28). The Labute approximate surface area is 192 Å². The molecule has 32 heavy (non-hydrogen) atoms. The lowest BCUT2D eigenvalue weighted by atomic mass is 10.2. The molecule has 1 saturated heterocycles. The lowest BCUT2D eigenvalue weighted by molar-refractivity contribution is 0.102. The van der Waals surface area contributed by atoms with Gasteiger partial charge in [-0.05, 0) is 42.5 Å². The van der Waals surface area contributed by atoms with Crippen LogP contribution in [0, 0.1) is 0 Å². The van der Waals surface area contributed by atoms with Gasteiger partial charge in [0.25, 0.3) is 15.9 Å². The number of rotatable bonds is 6. The summed E-state index contributed by atoms with van der Waals surface area (Å²) in [5.74, 6) is -0.325. The van der Waals surface area contributed by atoms with Crippen LogP contribution in [-0.4, -0.2) is 40.6 Å². The van der Waals surface area contributed by atoms with Crippen molar-refractivity contribution in [3.63, 3.8) is 0 Å². The molecule has 0 atom stereocenters. The van der Waals surface area contributed by atoms with Gasteiger partial charge in [-0.3, -0.25) is 9.52 Å². The maximum Gasteiger partial charge on any atom is 0.262 e. The summed E-state index contributed by atoms with van der Waals surface area (Å²) in [6.45, 7) is 2.39. The van der Waals surface area contributed by atoms with E-state index in [4.69, 9.17) is 16.3 Å². The van der Waals surface area contributed by atoms with Crippen LogP contribution in [-0.2, 0) is 14.8 Å². The van der Waals surface area contributed by atoms with Crippen molar-refractivity contribution in [1.82, 2.24) is 0 Å². The van der Waals surface area contributed by atoms with Gasteiger partial charge < -0.3 is 15.0 Å². The highest BCUT2D eigenvalue weighted by Crippen LogP contribution is 2.32. The van der Waals surface area contributed by atoms with E-state index in [1.165, 1.54) is 12.1 Å². The van der Waals surface area contributed by atoms with E-state index in [9.17, 15) is 13.2 Å². The number of morpholine rings is 1. The first-order valence-electron chi connectivity index (χ1n) is 10.0. The van der Waals surface area contributed by atoms with Crippen molar-refractivity contribution in [3.8, 4) is 0 Å². The number of halogens is 1. The number of ether oxygens (including phenoxy) is 1. The van der Waals surface area contributed by atoms with E-state index in [2.05, 4.69) is 14.9 Å². The molecule has 166 valence electrons. The average molecular weight is 472 g/mol. The fourth-order valence-corrected chi connectivity index (χ4v) is 4.74. The predicted octanol–water partition coefficient (Wildman–Crippen LogP) is 4.23. The molecule has 1 fully saturated rings. The highest BCUT2D eigenvalue weighted by Gasteiger charge is 2.22. The zero-order valence-electron chi connectivity index (χ0n) is 17.1. The zero-order chi connectivity index (χ0) is 22.6. The maximum absolute atomic E-state index is 13.0. The van der Waals surface area contributed by atoms with Crippen molar-refractivity contribution < 1.29 is 17.9 Å². The molecule has 7 nitrogen and oxygen atoms in total. The van der Waals surface area contributed by atoms with E-state index in [1.807, 2.05) is 6.07 Å². The zero-order valence-corrected chi connectivity index (χ0v) is 18.7. The van der Waals surface area contributed by atoms with Crippen LogP contribution in [0.4, 0.5) is 17.1 Å². The number of carbonyl (C=O) groups is 1. The Morgan fingerprint density at radius 3 is 2.31 bits per heavy atom. The number of benzene rings is 3. The molecule has 1 heterocycles. The summed E-state index contributed by atoms with van der Waals surface area (Å²) in [6, 6.07) is 20.0. The monoisotopic (exact) mass is 471 g/mol. The molecule has 0 spiro atoms. The molecule has 0 saturated carbocycles. The second-order valence-electron chi connectivity index (χ2n) is 7.18. The number of anilines is 3. The molecule has 1 amide bonds. The van der Waals surface area contributed by atoms with Gasteiger partial charge in [-0.15, -0.1) is 0 Å². The molecule has 3 aromatic carbocycles. The van der Waals surface area contributed by atoms with Gasteiger partial charge >= 0.3 is 0 Å².